The summed E-state index contributed by atoms with van der Waals surface area (Å²) in [6, 6.07) is 9.08. The maximum absolute atomic E-state index is 12.2. The number of benzene rings is 1. The van der Waals surface area contributed by atoms with E-state index in [1.165, 1.54) is 24.3 Å². The minimum Gasteiger partial charge on any atom is -0.444 e. The number of aromatic nitrogens is 2. The summed E-state index contributed by atoms with van der Waals surface area (Å²) in [5.41, 5.74) is 0. The van der Waals surface area contributed by atoms with Crippen molar-refractivity contribution in [3.8, 4) is 11.7 Å². The number of nitrogens with zero attached hydrogens (tertiary/aromatic N) is 2. The molecule has 1 aromatic carbocycles. The Kier molecular flexibility index (Phi) is 5.98. The number of anilines is 1. The third-order valence-corrected chi connectivity index (χ3v) is 5.94. The van der Waals surface area contributed by atoms with Crippen LogP contribution in [0.15, 0.2) is 54.8 Å². The van der Waals surface area contributed by atoms with Crippen LogP contribution in [0.4, 0.5) is 6.01 Å². The number of rotatable bonds is 7. The highest BCUT2D eigenvalue weighted by atomic mass is 79.9. The number of halogens is 2. The van der Waals surface area contributed by atoms with E-state index >= 15 is 0 Å². The van der Waals surface area contributed by atoms with Crippen molar-refractivity contribution in [1.29, 1.82) is 0 Å². The Labute approximate surface area is 168 Å². The zero-order chi connectivity index (χ0) is 19.4. The molecule has 0 fully saturated rings. The first-order valence-electron chi connectivity index (χ1n) is 7.71. The zero-order valence-corrected chi connectivity index (χ0v) is 16.8. The summed E-state index contributed by atoms with van der Waals surface area (Å²) >= 11 is 8.91. The largest absolute Gasteiger partial charge is 0.444 e. The number of carbonyl (C=O) groups is 1. The predicted molar refractivity (Wildman–Crippen MR) is 101 cm³/mol. The molecule has 2 aromatic heterocycles. The van der Waals surface area contributed by atoms with Crippen molar-refractivity contribution < 1.29 is 22.0 Å². The Morgan fingerprint density at radius 3 is 2.52 bits per heavy atom. The maximum atomic E-state index is 12.2. The minimum atomic E-state index is -3.48. The van der Waals surface area contributed by atoms with Gasteiger partial charge in [0.1, 0.15) is 0 Å². The third-order valence-electron chi connectivity index (χ3n) is 3.44. The molecule has 3 rings (SSSR count). The summed E-state index contributed by atoms with van der Waals surface area (Å²) in [5, 5.41) is 10.3. The van der Waals surface area contributed by atoms with E-state index in [1.807, 2.05) is 0 Å². The van der Waals surface area contributed by atoms with Gasteiger partial charge in [-0.15, -0.1) is 5.10 Å². The molecule has 0 aliphatic heterocycles. The van der Waals surface area contributed by atoms with E-state index in [-0.39, 0.29) is 35.4 Å². The summed E-state index contributed by atoms with van der Waals surface area (Å²) in [4.78, 5) is 12.1. The first-order valence-corrected chi connectivity index (χ1v) is 10.5. The molecule has 1 N–H and O–H groups in total. The predicted octanol–water partition coefficient (Wildman–Crippen LogP) is 3.94. The minimum absolute atomic E-state index is 0.0170. The molecule has 0 saturated carbocycles. The van der Waals surface area contributed by atoms with Gasteiger partial charge in [0.25, 0.3) is 5.89 Å². The molecule has 0 bridgehead atoms. The first kappa shape index (κ1) is 19.6. The van der Waals surface area contributed by atoms with E-state index in [0.29, 0.717) is 15.5 Å². The maximum Gasteiger partial charge on any atom is 0.322 e. The van der Waals surface area contributed by atoms with Gasteiger partial charge < -0.3 is 8.83 Å². The quantitative estimate of drug-likeness (QED) is 0.551. The second kappa shape index (κ2) is 8.24. The number of furan rings is 1. The molecule has 27 heavy (non-hydrogen) atoms. The van der Waals surface area contributed by atoms with Crippen LogP contribution in [0.2, 0.25) is 5.02 Å². The lowest BCUT2D eigenvalue weighted by Gasteiger charge is -2.04. The molecule has 0 aliphatic carbocycles. The van der Waals surface area contributed by atoms with Crippen LogP contribution in [0, 0.1) is 0 Å². The SMILES string of the molecule is O=C(CCCS(=O)(=O)c1ccc(Cl)cc1)Nc1nnc(-c2ccc(Br)o2)o1. The molecule has 1 amide bonds. The van der Waals surface area contributed by atoms with E-state index in [1.54, 1.807) is 12.1 Å². The fraction of sp³-hybridized carbons (Fsp3) is 0.188. The van der Waals surface area contributed by atoms with Gasteiger partial charge in [0, 0.05) is 11.4 Å². The fourth-order valence-electron chi connectivity index (χ4n) is 2.17. The fourth-order valence-corrected chi connectivity index (χ4v) is 3.91. The highest BCUT2D eigenvalue weighted by molar-refractivity contribution is 9.10. The molecule has 3 aromatic rings. The molecule has 0 atom stereocenters. The van der Waals surface area contributed by atoms with Gasteiger partial charge in [-0.3, -0.25) is 10.1 Å². The first-order chi connectivity index (χ1) is 12.8. The van der Waals surface area contributed by atoms with Crippen molar-refractivity contribution in [3.05, 3.63) is 46.1 Å². The molecule has 2 heterocycles. The summed E-state index contributed by atoms with van der Waals surface area (Å²) in [5.74, 6) is -0.139. The van der Waals surface area contributed by atoms with Crippen molar-refractivity contribution in [3.63, 3.8) is 0 Å². The van der Waals surface area contributed by atoms with E-state index < -0.39 is 15.7 Å². The van der Waals surface area contributed by atoms with Crippen molar-refractivity contribution in [2.24, 2.45) is 0 Å². The number of carbonyl (C=O) groups excluding carboxylic acids is 1. The molecular weight excluding hydrogens is 462 g/mol. The number of amides is 1. The lowest BCUT2D eigenvalue weighted by molar-refractivity contribution is -0.116. The standard InChI is InChI=1S/C16H13BrClN3O5S/c17-13-8-7-12(25-13)15-20-21-16(26-15)19-14(22)2-1-9-27(23,24)11-5-3-10(18)4-6-11/h3-8H,1-2,9H2,(H,19,21,22). The van der Waals surface area contributed by atoms with Gasteiger partial charge in [0.15, 0.2) is 20.3 Å². The Balaban J connectivity index is 1.51. The van der Waals surface area contributed by atoms with Crippen LogP contribution < -0.4 is 5.32 Å². The number of hydrogen-bond donors (Lipinski definition) is 1. The van der Waals surface area contributed by atoms with Crippen LogP contribution in [0.25, 0.3) is 11.7 Å². The molecular formula is C16H13BrClN3O5S. The van der Waals surface area contributed by atoms with Crippen LogP contribution in [0.1, 0.15) is 12.8 Å². The monoisotopic (exact) mass is 473 g/mol. The normalized spacial score (nSPS) is 11.5. The second-order valence-corrected chi connectivity index (χ2v) is 8.77. The van der Waals surface area contributed by atoms with Gasteiger partial charge in [-0.2, -0.15) is 0 Å². The molecule has 0 radical (unpaired) electrons. The zero-order valence-electron chi connectivity index (χ0n) is 13.7. The Bertz CT molecular complexity index is 1050. The number of sulfone groups is 1. The van der Waals surface area contributed by atoms with E-state index in [9.17, 15) is 13.2 Å². The van der Waals surface area contributed by atoms with Crippen molar-refractivity contribution in [2.75, 3.05) is 11.1 Å². The molecule has 0 spiro atoms. The Morgan fingerprint density at radius 1 is 1.11 bits per heavy atom. The summed E-state index contributed by atoms with van der Waals surface area (Å²) < 4.78 is 35.5. The topological polar surface area (TPSA) is 115 Å². The molecule has 8 nitrogen and oxygen atoms in total. The number of nitrogens with one attached hydrogen (secondary N) is 1. The van der Waals surface area contributed by atoms with Gasteiger partial charge in [0.2, 0.25) is 5.91 Å². The highest BCUT2D eigenvalue weighted by Crippen LogP contribution is 2.25. The molecule has 11 heteroatoms. The lowest BCUT2D eigenvalue weighted by Crippen LogP contribution is -2.14. The van der Waals surface area contributed by atoms with Crippen LogP contribution in [-0.2, 0) is 14.6 Å². The smallest absolute Gasteiger partial charge is 0.322 e. The Hall–Kier alpha value is -2.17. The average Bonchev–Trinajstić information content (AvgIpc) is 3.24. The molecule has 0 unspecified atom stereocenters. The van der Waals surface area contributed by atoms with Crippen LogP contribution in [0.3, 0.4) is 0 Å². The second-order valence-electron chi connectivity index (χ2n) is 5.44. The van der Waals surface area contributed by atoms with Gasteiger partial charge in [-0.05, 0) is 58.7 Å². The van der Waals surface area contributed by atoms with Gasteiger partial charge >= 0.3 is 6.01 Å². The Morgan fingerprint density at radius 2 is 1.85 bits per heavy atom. The highest BCUT2D eigenvalue weighted by Gasteiger charge is 2.17. The average molecular weight is 475 g/mol. The van der Waals surface area contributed by atoms with Crippen molar-refractivity contribution >= 4 is 49.3 Å². The van der Waals surface area contributed by atoms with Crippen LogP contribution in [-0.4, -0.2) is 30.3 Å². The van der Waals surface area contributed by atoms with Crippen molar-refractivity contribution in [1.82, 2.24) is 10.2 Å². The van der Waals surface area contributed by atoms with Crippen LogP contribution >= 0.6 is 27.5 Å². The van der Waals surface area contributed by atoms with Gasteiger partial charge in [0.05, 0.1) is 10.6 Å². The van der Waals surface area contributed by atoms with Gasteiger partial charge in [-0.1, -0.05) is 16.7 Å². The van der Waals surface area contributed by atoms with E-state index in [2.05, 4.69) is 31.4 Å². The van der Waals surface area contributed by atoms with Crippen molar-refractivity contribution in [2.45, 2.75) is 17.7 Å². The molecule has 0 saturated heterocycles. The van der Waals surface area contributed by atoms with Gasteiger partial charge in [-0.25, -0.2) is 8.42 Å². The lowest BCUT2D eigenvalue weighted by atomic mass is 10.3. The molecule has 0 aliphatic rings. The summed E-state index contributed by atoms with van der Waals surface area (Å²) in [6.07, 6.45) is 0.125. The number of hydrogen-bond acceptors (Lipinski definition) is 7. The van der Waals surface area contributed by atoms with E-state index in [0.717, 1.165) is 0 Å². The summed E-state index contributed by atoms with van der Waals surface area (Å²) in [6.45, 7) is 0. The van der Waals surface area contributed by atoms with Crippen LogP contribution in [0.5, 0.6) is 0 Å². The van der Waals surface area contributed by atoms with E-state index in [4.69, 9.17) is 20.4 Å². The third kappa shape index (κ3) is 5.18. The summed E-state index contributed by atoms with van der Waals surface area (Å²) in [7, 11) is -3.48. The molecule has 142 valence electrons.